The Morgan fingerprint density at radius 3 is 2.81 bits per heavy atom. The van der Waals surface area contributed by atoms with Gasteiger partial charge in [0.2, 0.25) is 0 Å². The maximum absolute atomic E-state index is 12.3. The van der Waals surface area contributed by atoms with Crippen LogP contribution in [0.15, 0.2) is 22.7 Å². The lowest BCUT2D eigenvalue weighted by Gasteiger charge is -2.35. The number of carbonyl (C=O) groups is 1. The predicted octanol–water partition coefficient (Wildman–Crippen LogP) is 1.98. The van der Waals surface area contributed by atoms with Gasteiger partial charge in [0.15, 0.2) is 0 Å². The average molecular weight is 358 g/mol. The van der Waals surface area contributed by atoms with Gasteiger partial charge in [0.25, 0.3) is 5.91 Å². The molecule has 1 heterocycles. The molecule has 1 amide bonds. The lowest BCUT2D eigenvalue weighted by atomic mass is 9.81. The second-order valence-corrected chi connectivity index (χ2v) is 6.21. The molecular weight excluding hydrogens is 338 g/mol. The molecule has 0 atom stereocenters. The summed E-state index contributed by atoms with van der Waals surface area (Å²) in [5.41, 5.74) is 0.206. The highest BCUT2D eigenvalue weighted by atomic mass is 79.9. The fourth-order valence-electron chi connectivity index (χ4n) is 2.41. The highest BCUT2D eigenvalue weighted by Crippen LogP contribution is 2.29. The summed E-state index contributed by atoms with van der Waals surface area (Å²) in [5.74, 6) is 0.325. The molecule has 6 heteroatoms. The van der Waals surface area contributed by atoms with E-state index in [1.807, 2.05) is 0 Å². The smallest absolute Gasteiger partial charge is 0.255 e. The maximum atomic E-state index is 12.3. The van der Waals surface area contributed by atoms with Gasteiger partial charge in [0, 0.05) is 29.6 Å². The van der Waals surface area contributed by atoms with Gasteiger partial charge in [0.05, 0.1) is 19.3 Å². The van der Waals surface area contributed by atoms with Crippen LogP contribution in [0, 0.1) is 5.41 Å². The summed E-state index contributed by atoms with van der Waals surface area (Å²) in [7, 11) is 1.53. The number of aliphatic hydroxyl groups is 1. The molecule has 5 nitrogen and oxygen atoms in total. The molecule has 0 unspecified atom stereocenters. The van der Waals surface area contributed by atoms with E-state index in [2.05, 4.69) is 21.2 Å². The van der Waals surface area contributed by atoms with Gasteiger partial charge < -0.3 is 19.9 Å². The molecule has 2 rings (SSSR count). The Bertz CT molecular complexity index is 500. The van der Waals surface area contributed by atoms with Crippen LogP contribution in [0.2, 0.25) is 0 Å². The minimum Gasteiger partial charge on any atom is -0.496 e. The number of carbonyl (C=O) groups excluding carboxylic acids is 1. The lowest BCUT2D eigenvalue weighted by molar-refractivity contribution is -0.0146. The van der Waals surface area contributed by atoms with Gasteiger partial charge in [-0.1, -0.05) is 15.9 Å². The molecule has 0 aromatic heterocycles. The zero-order valence-electron chi connectivity index (χ0n) is 12.0. The number of aliphatic hydroxyl groups excluding tert-OH is 1. The first-order chi connectivity index (χ1) is 10.1. The Balaban J connectivity index is 2.04. The maximum Gasteiger partial charge on any atom is 0.255 e. The molecule has 1 aromatic carbocycles. The van der Waals surface area contributed by atoms with Crippen LogP contribution in [0.5, 0.6) is 5.75 Å². The van der Waals surface area contributed by atoms with Crippen LogP contribution in [-0.2, 0) is 4.74 Å². The van der Waals surface area contributed by atoms with E-state index in [-0.39, 0.29) is 17.9 Å². The van der Waals surface area contributed by atoms with Gasteiger partial charge in [-0.25, -0.2) is 0 Å². The molecule has 1 aromatic rings. The van der Waals surface area contributed by atoms with Gasteiger partial charge >= 0.3 is 0 Å². The van der Waals surface area contributed by atoms with Crippen molar-refractivity contribution in [2.75, 3.05) is 33.5 Å². The third-order valence-electron chi connectivity index (χ3n) is 3.92. The summed E-state index contributed by atoms with van der Waals surface area (Å²) >= 11 is 3.35. The van der Waals surface area contributed by atoms with Crippen LogP contribution in [0.1, 0.15) is 23.2 Å². The van der Waals surface area contributed by atoms with E-state index >= 15 is 0 Å². The summed E-state index contributed by atoms with van der Waals surface area (Å²) in [6.45, 7) is 1.73. The molecule has 0 saturated carbocycles. The molecule has 0 aliphatic carbocycles. The molecule has 0 spiro atoms. The van der Waals surface area contributed by atoms with E-state index in [0.29, 0.717) is 31.1 Å². The molecular formula is C15H20BrNO4. The standard InChI is InChI=1S/C15H20BrNO4/c1-20-13-8-11(16)2-3-12(13)14(19)17-9-15(10-18)4-6-21-7-5-15/h2-3,8,18H,4-7,9-10H2,1H3,(H,17,19). The largest absolute Gasteiger partial charge is 0.496 e. The molecule has 21 heavy (non-hydrogen) atoms. The van der Waals surface area contributed by atoms with Gasteiger partial charge in [-0.15, -0.1) is 0 Å². The molecule has 2 N–H and O–H groups in total. The monoisotopic (exact) mass is 357 g/mol. The second kappa shape index (κ2) is 7.24. The zero-order valence-corrected chi connectivity index (χ0v) is 13.6. The van der Waals surface area contributed by atoms with E-state index in [0.717, 1.165) is 17.3 Å². The third-order valence-corrected chi connectivity index (χ3v) is 4.41. The fourth-order valence-corrected chi connectivity index (χ4v) is 2.75. The molecule has 116 valence electrons. The quantitative estimate of drug-likeness (QED) is 0.845. The van der Waals surface area contributed by atoms with Crippen molar-refractivity contribution < 1.29 is 19.4 Å². The van der Waals surface area contributed by atoms with Crippen molar-refractivity contribution in [1.82, 2.24) is 5.32 Å². The van der Waals surface area contributed by atoms with Crippen molar-refractivity contribution in [3.8, 4) is 5.75 Å². The number of halogens is 1. The molecule has 1 fully saturated rings. The number of hydrogen-bond donors (Lipinski definition) is 2. The van der Waals surface area contributed by atoms with Gasteiger partial charge in [-0.2, -0.15) is 0 Å². The highest BCUT2D eigenvalue weighted by Gasteiger charge is 2.32. The van der Waals surface area contributed by atoms with Gasteiger partial charge in [-0.3, -0.25) is 4.79 Å². The number of rotatable bonds is 5. The van der Waals surface area contributed by atoms with E-state index in [1.165, 1.54) is 7.11 Å². The Hall–Kier alpha value is -1.11. The summed E-state index contributed by atoms with van der Waals surface area (Å²) in [6, 6.07) is 5.27. The van der Waals surface area contributed by atoms with E-state index in [4.69, 9.17) is 9.47 Å². The summed E-state index contributed by atoms with van der Waals surface area (Å²) < 4.78 is 11.4. The molecule has 0 bridgehead atoms. The molecule has 1 saturated heterocycles. The minimum absolute atomic E-state index is 0.0497. The Morgan fingerprint density at radius 2 is 2.19 bits per heavy atom. The summed E-state index contributed by atoms with van der Waals surface area (Å²) in [5, 5.41) is 12.5. The van der Waals surface area contributed by atoms with Crippen molar-refractivity contribution in [1.29, 1.82) is 0 Å². The zero-order chi connectivity index (χ0) is 15.3. The van der Waals surface area contributed by atoms with Crippen LogP contribution < -0.4 is 10.1 Å². The van der Waals surface area contributed by atoms with Crippen molar-refractivity contribution in [2.24, 2.45) is 5.41 Å². The van der Waals surface area contributed by atoms with Crippen molar-refractivity contribution in [3.63, 3.8) is 0 Å². The topological polar surface area (TPSA) is 67.8 Å². The molecule has 0 radical (unpaired) electrons. The minimum atomic E-state index is -0.281. The number of methoxy groups -OCH3 is 1. The molecule has 1 aliphatic rings. The van der Waals surface area contributed by atoms with Crippen LogP contribution in [0.3, 0.4) is 0 Å². The number of hydrogen-bond acceptors (Lipinski definition) is 4. The SMILES string of the molecule is COc1cc(Br)ccc1C(=O)NCC1(CO)CCOCC1. The number of amides is 1. The first kappa shape index (κ1) is 16.3. The van der Waals surface area contributed by atoms with Gasteiger partial charge in [-0.05, 0) is 31.0 Å². The Kier molecular flexibility index (Phi) is 5.61. The van der Waals surface area contributed by atoms with Crippen LogP contribution in [0.25, 0.3) is 0 Å². The van der Waals surface area contributed by atoms with Gasteiger partial charge in [0.1, 0.15) is 5.75 Å². The van der Waals surface area contributed by atoms with Crippen LogP contribution >= 0.6 is 15.9 Å². The predicted molar refractivity (Wildman–Crippen MR) is 82.6 cm³/mol. The van der Waals surface area contributed by atoms with E-state index < -0.39 is 0 Å². The van der Waals surface area contributed by atoms with Crippen LogP contribution in [-0.4, -0.2) is 44.5 Å². The average Bonchev–Trinajstić information content (AvgIpc) is 2.53. The fraction of sp³-hybridized carbons (Fsp3) is 0.533. The third kappa shape index (κ3) is 3.96. The summed E-state index contributed by atoms with van der Waals surface area (Å²) in [6.07, 6.45) is 1.50. The highest BCUT2D eigenvalue weighted by molar-refractivity contribution is 9.10. The first-order valence-electron chi connectivity index (χ1n) is 6.90. The number of ether oxygens (including phenoxy) is 2. The Labute approximate surface area is 132 Å². The van der Waals surface area contributed by atoms with Crippen molar-refractivity contribution in [2.45, 2.75) is 12.8 Å². The number of benzene rings is 1. The molecule has 1 aliphatic heterocycles. The first-order valence-corrected chi connectivity index (χ1v) is 7.70. The number of nitrogens with one attached hydrogen (secondary N) is 1. The van der Waals surface area contributed by atoms with E-state index in [9.17, 15) is 9.90 Å². The van der Waals surface area contributed by atoms with Crippen molar-refractivity contribution >= 4 is 21.8 Å². The second-order valence-electron chi connectivity index (χ2n) is 5.30. The lowest BCUT2D eigenvalue weighted by Crippen LogP contribution is -2.43. The summed E-state index contributed by atoms with van der Waals surface area (Å²) in [4.78, 5) is 12.3. The Morgan fingerprint density at radius 1 is 1.48 bits per heavy atom. The van der Waals surface area contributed by atoms with Crippen LogP contribution in [0.4, 0.5) is 0 Å². The normalized spacial score (nSPS) is 17.3. The van der Waals surface area contributed by atoms with Crippen molar-refractivity contribution in [3.05, 3.63) is 28.2 Å². The van der Waals surface area contributed by atoms with E-state index in [1.54, 1.807) is 18.2 Å².